The topological polar surface area (TPSA) is 74.1 Å². The summed E-state index contributed by atoms with van der Waals surface area (Å²) in [4.78, 5) is 13.4. The van der Waals surface area contributed by atoms with Gasteiger partial charge in [0.2, 0.25) is 0 Å². The van der Waals surface area contributed by atoms with Crippen LogP contribution in [0.2, 0.25) is 0 Å². The summed E-state index contributed by atoms with van der Waals surface area (Å²) in [5.74, 6) is 3.18. The molecule has 1 saturated carbocycles. The number of ether oxygens (including phenoxy) is 2. The van der Waals surface area contributed by atoms with E-state index in [1.807, 2.05) is 73.4 Å². The number of fused-ring (bicyclic) bond motifs is 2. The molecule has 182 valence electrons. The second-order valence-corrected chi connectivity index (χ2v) is 9.49. The van der Waals surface area contributed by atoms with Gasteiger partial charge in [-0.3, -0.25) is 0 Å². The Kier molecular flexibility index (Phi) is 5.89. The molecule has 0 unspecified atom stereocenters. The molecule has 0 aliphatic heterocycles. The molecule has 3 aromatic carbocycles. The van der Waals surface area contributed by atoms with Crippen LogP contribution in [-0.4, -0.2) is 25.6 Å². The molecule has 1 N–H and O–H groups in total. The van der Waals surface area contributed by atoms with Gasteiger partial charge in [0.05, 0.1) is 29.0 Å². The molecule has 0 bridgehead atoms. The van der Waals surface area contributed by atoms with Gasteiger partial charge in [-0.25, -0.2) is 15.0 Å². The Hall–Kier alpha value is -4.13. The van der Waals surface area contributed by atoms with Crippen LogP contribution < -0.4 is 14.8 Å². The largest absolute Gasteiger partial charge is 0.490 e. The van der Waals surface area contributed by atoms with Crippen molar-refractivity contribution in [1.82, 2.24) is 19.5 Å². The molecule has 2 heterocycles. The summed E-state index contributed by atoms with van der Waals surface area (Å²) in [6, 6.07) is 18.0. The van der Waals surface area contributed by atoms with Gasteiger partial charge in [-0.1, -0.05) is 6.42 Å². The van der Waals surface area contributed by atoms with Crippen LogP contribution in [0.25, 0.3) is 21.9 Å². The molecule has 7 heteroatoms. The molecule has 1 aliphatic carbocycles. The van der Waals surface area contributed by atoms with Gasteiger partial charge < -0.3 is 19.4 Å². The van der Waals surface area contributed by atoms with Crippen molar-refractivity contribution in [3.05, 3.63) is 72.8 Å². The van der Waals surface area contributed by atoms with Crippen LogP contribution in [0.5, 0.6) is 17.2 Å². The van der Waals surface area contributed by atoms with Crippen LogP contribution in [-0.2, 0) is 7.05 Å². The van der Waals surface area contributed by atoms with Crippen molar-refractivity contribution < 1.29 is 9.47 Å². The predicted octanol–water partition coefficient (Wildman–Crippen LogP) is 7.07. The van der Waals surface area contributed by atoms with Crippen molar-refractivity contribution in [2.45, 2.75) is 45.1 Å². The van der Waals surface area contributed by atoms with Gasteiger partial charge in [0, 0.05) is 24.2 Å². The maximum Gasteiger partial charge on any atom is 0.141 e. The van der Waals surface area contributed by atoms with E-state index >= 15 is 0 Å². The Bertz CT molecular complexity index is 1540. The molecule has 0 saturated heterocycles. The van der Waals surface area contributed by atoms with E-state index in [1.165, 1.54) is 19.3 Å². The first kappa shape index (κ1) is 22.3. The Morgan fingerprint density at radius 3 is 2.58 bits per heavy atom. The minimum Gasteiger partial charge on any atom is -0.490 e. The maximum atomic E-state index is 6.28. The van der Waals surface area contributed by atoms with Gasteiger partial charge in [0.25, 0.3) is 0 Å². The number of nitrogens with zero attached hydrogens (tertiary/aromatic N) is 4. The van der Waals surface area contributed by atoms with Gasteiger partial charge >= 0.3 is 0 Å². The van der Waals surface area contributed by atoms with Crippen LogP contribution in [0.15, 0.2) is 67.3 Å². The lowest BCUT2D eigenvalue weighted by Crippen LogP contribution is -2.19. The third kappa shape index (κ3) is 4.56. The first-order chi connectivity index (χ1) is 17.6. The summed E-state index contributed by atoms with van der Waals surface area (Å²) >= 11 is 0. The number of imidazole rings is 1. The highest BCUT2D eigenvalue weighted by Gasteiger charge is 2.16. The quantitative estimate of drug-likeness (QED) is 0.281. The number of aromatic nitrogens is 4. The summed E-state index contributed by atoms with van der Waals surface area (Å²) in [6.07, 6.45) is 9.73. The van der Waals surface area contributed by atoms with Gasteiger partial charge in [0.15, 0.2) is 0 Å². The first-order valence-corrected chi connectivity index (χ1v) is 12.5. The molecule has 2 aromatic heterocycles. The second-order valence-electron chi connectivity index (χ2n) is 9.49. The summed E-state index contributed by atoms with van der Waals surface area (Å²) in [7, 11) is 1.98. The summed E-state index contributed by atoms with van der Waals surface area (Å²) in [6.45, 7) is 2.04. The van der Waals surface area contributed by atoms with Crippen LogP contribution in [0, 0.1) is 6.92 Å². The minimum atomic E-state index is 0.297. The molecule has 1 fully saturated rings. The molecule has 0 atom stereocenters. The molecule has 1 aliphatic rings. The molecular formula is C29H29N5O2. The zero-order valence-corrected chi connectivity index (χ0v) is 20.6. The van der Waals surface area contributed by atoms with Gasteiger partial charge in [-0.05, 0) is 86.7 Å². The first-order valence-electron chi connectivity index (χ1n) is 12.5. The Labute approximate surface area is 210 Å². The molecule has 0 amide bonds. The Balaban J connectivity index is 1.22. The van der Waals surface area contributed by atoms with Crippen LogP contribution >= 0.6 is 0 Å². The lowest BCUT2D eigenvalue weighted by Gasteiger charge is -2.23. The van der Waals surface area contributed by atoms with Crippen LogP contribution in [0.3, 0.4) is 0 Å². The van der Waals surface area contributed by atoms with E-state index < -0.39 is 0 Å². The predicted molar refractivity (Wildman–Crippen MR) is 142 cm³/mol. The highest BCUT2D eigenvalue weighted by atomic mass is 16.5. The fourth-order valence-electron chi connectivity index (χ4n) is 4.87. The number of rotatable bonds is 6. The molecule has 5 aromatic rings. The standard InChI is InChI=1S/C29H29N5O2/c1-19-14-20(8-13-28(19)36-23-10-12-27-26(16-23)32-18-34(27)2)33-29-24-15-22(9-11-25(24)30-17-31-29)35-21-6-4-3-5-7-21/h8-18,21H,3-7H2,1-2H3,(H,30,31,33). The minimum absolute atomic E-state index is 0.297. The SMILES string of the molecule is Cc1cc(Nc2ncnc3ccc(OC4CCCCC4)cc23)ccc1Oc1ccc2c(c1)ncn2C. The van der Waals surface area contributed by atoms with Gasteiger partial charge in [-0.2, -0.15) is 0 Å². The number of aryl methyl sites for hydroxylation is 2. The molecular weight excluding hydrogens is 450 g/mol. The summed E-state index contributed by atoms with van der Waals surface area (Å²) < 4.78 is 14.4. The average molecular weight is 480 g/mol. The molecule has 36 heavy (non-hydrogen) atoms. The monoisotopic (exact) mass is 479 g/mol. The molecule has 0 radical (unpaired) electrons. The van der Waals surface area contributed by atoms with Gasteiger partial charge in [0.1, 0.15) is 29.4 Å². The van der Waals surface area contributed by atoms with E-state index in [0.29, 0.717) is 6.10 Å². The van der Waals surface area contributed by atoms with E-state index in [-0.39, 0.29) is 0 Å². The van der Waals surface area contributed by atoms with Crippen LogP contribution in [0.1, 0.15) is 37.7 Å². The third-order valence-electron chi connectivity index (χ3n) is 6.82. The van der Waals surface area contributed by atoms with Crippen molar-refractivity contribution in [1.29, 1.82) is 0 Å². The van der Waals surface area contributed by atoms with Crippen molar-refractivity contribution in [3.8, 4) is 17.2 Å². The number of hydrogen-bond acceptors (Lipinski definition) is 6. The number of anilines is 2. The highest BCUT2D eigenvalue weighted by Crippen LogP contribution is 2.32. The lowest BCUT2D eigenvalue weighted by molar-refractivity contribution is 0.155. The van der Waals surface area contributed by atoms with E-state index in [4.69, 9.17) is 9.47 Å². The summed E-state index contributed by atoms with van der Waals surface area (Å²) in [5.41, 5.74) is 4.81. The van der Waals surface area contributed by atoms with Crippen molar-refractivity contribution in [2.75, 3.05) is 5.32 Å². The smallest absolute Gasteiger partial charge is 0.141 e. The Morgan fingerprint density at radius 1 is 0.861 bits per heavy atom. The third-order valence-corrected chi connectivity index (χ3v) is 6.82. The van der Waals surface area contributed by atoms with Crippen molar-refractivity contribution >= 4 is 33.4 Å². The normalized spacial score (nSPS) is 14.3. The van der Waals surface area contributed by atoms with Gasteiger partial charge in [-0.15, -0.1) is 0 Å². The fourth-order valence-corrected chi connectivity index (χ4v) is 4.87. The Morgan fingerprint density at radius 2 is 1.72 bits per heavy atom. The number of nitrogens with one attached hydrogen (secondary N) is 1. The van der Waals surface area contributed by atoms with E-state index in [9.17, 15) is 0 Å². The van der Waals surface area contributed by atoms with Crippen molar-refractivity contribution in [3.63, 3.8) is 0 Å². The van der Waals surface area contributed by atoms with E-state index in [0.717, 1.165) is 69.1 Å². The lowest BCUT2D eigenvalue weighted by atomic mass is 9.98. The molecule has 0 spiro atoms. The maximum absolute atomic E-state index is 6.28. The zero-order valence-electron chi connectivity index (χ0n) is 20.6. The fraction of sp³-hybridized carbons (Fsp3) is 0.276. The number of hydrogen-bond donors (Lipinski definition) is 1. The van der Waals surface area contributed by atoms with E-state index in [2.05, 4.69) is 26.3 Å². The van der Waals surface area contributed by atoms with E-state index in [1.54, 1.807) is 6.33 Å². The van der Waals surface area contributed by atoms with Crippen molar-refractivity contribution in [2.24, 2.45) is 7.05 Å². The molecule has 6 rings (SSSR count). The average Bonchev–Trinajstić information content (AvgIpc) is 3.26. The second kappa shape index (κ2) is 9.49. The number of benzene rings is 3. The zero-order chi connectivity index (χ0) is 24.5. The van der Waals surface area contributed by atoms with Crippen LogP contribution in [0.4, 0.5) is 11.5 Å². The molecule has 7 nitrogen and oxygen atoms in total. The highest BCUT2D eigenvalue weighted by molar-refractivity contribution is 5.91. The summed E-state index contributed by atoms with van der Waals surface area (Å²) in [5, 5.41) is 4.40.